The summed E-state index contributed by atoms with van der Waals surface area (Å²) in [6.45, 7) is 11.4. The maximum absolute atomic E-state index is 5.69. The molecular formula is C23H28N2O2. The molecule has 2 aromatic rings. The molecule has 0 saturated heterocycles. The Hall–Kier alpha value is -2.40. The second-order valence-corrected chi connectivity index (χ2v) is 6.66. The summed E-state index contributed by atoms with van der Waals surface area (Å²) in [6, 6.07) is 17.3. The number of anilines is 1. The van der Waals surface area contributed by atoms with Gasteiger partial charge in [-0.05, 0) is 28.8 Å². The van der Waals surface area contributed by atoms with Gasteiger partial charge in [0.15, 0.2) is 0 Å². The number of hydrogen-bond donors (Lipinski definition) is 1. The second-order valence-electron chi connectivity index (χ2n) is 6.66. The fourth-order valence-corrected chi connectivity index (χ4v) is 3.47. The molecule has 1 atom stereocenters. The van der Waals surface area contributed by atoms with Gasteiger partial charge in [0.2, 0.25) is 0 Å². The summed E-state index contributed by atoms with van der Waals surface area (Å²) in [6.07, 6.45) is 3.54. The quantitative estimate of drug-likeness (QED) is 0.386. The molecule has 0 unspecified atom stereocenters. The van der Waals surface area contributed by atoms with Crippen molar-refractivity contribution in [1.29, 1.82) is 0 Å². The molecule has 0 fully saturated rings. The van der Waals surface area contributed by atoms with Crippen molar-refractivity contribution >= 4 is 5.69 Å². The molecule has 142 valence electrons. The normalized spacial score (nSPS) is 16.5. The number of hydrogen-bond acceptors (Lipinski definition) is 4. The summed E-state index contributed by atoms with van der Waals surface area (Å²) in [7, 11) is 0. The molecule has 4 heteroatoms. The Bertz CT molecular complexity index is 760. The molecule has 0 bridgehead atoms. The van der Waals surface area contributed by atoms with E-state index in [9.17, 15) is 0 Å². The molecule has 0 radical (unpaired) electrons. The average molecular weight is 364 g/mol. The van der Waals surface area contributed by atoms with Crippen molar-refractivity contribution in [3.05, 3.63) is 90.5 Å². The third-order valence-corrected chi connectivity index (χ3v) is 4.68. The van der Waals surface area contributed by atoms with Gasteiger partial charge >= 0.3 is 0 Å². The highest BCUT2D eigenvalue weighted by Crippen LogP contribution is 2.34. The molecule has 0 spiro atoms. The van der Waals surface area contributed by atoms with Crippen LogP contribution in [-0.4, -0.2) is 38.1 Å². The summed E-state index contributed by atoms with van der Waals surface area (Å²) in [5.74, 6) is 0.318. The van der Waals surface area contributed by atoms with Gasteiger partial charge < -0.3 is 14.8 Å². The van der Waals surface area contributed by atoms with Crippen molar-refractivity contribution in [2.24, 2.45) is 0 Å². The predicted molar refractivity (Wildman–Crippen MR) is 111 cm³/mol. The van der Waals surface area contributed by atoms with Crippen LogP contribution in [0.5, 0.6) is 0 Å². The standard InChI is InChI=1S/C23H28N2O2/c1-3-12-26-17-24-21-10-7-9-19(14-21)23-16-25(18-27-13-4-2)15-20-8-5-6-11-22(20)23/h3-11,14,23-24H,1-2,12-13,15-18H2/t23-/m0/s1. The lowest BCUT2D eigenvalue weighted by atomic mass is 9.84. The molecule has 0 aromatic heterocycles. The maximum atomic E-state index is 5.69. The molecule has 1 heterocycles. The molecule has 4 nitrogen and oxygen atoms in total. The SMILES string of the molecule is C=CCOCNc1cccc([C@@H]2CN(COCC=C)Cc3ccccc32)c1. The topological polar surface area (TPSA) is 33.7 Å². The van der Waals surface area contributed by atoms with Crippen LogP contribution in [0.1, 0.15) is 22.6 Å². The largest absolute Gasteiger partial charge is 0.363 e. The van der Waals surface area contributed by atoms with Crippen molar-refractivity contribution in [1.82, 2.24) is 4.90 Å². The molecule has 2 aromatic carbocycles. The highest BCUT2D eigenvalue weighted by atomic mass is 16.5. The molecule has 1 N–H and O–H groups in total. The molecular weight excluding hydrogens is 336 g/mol. The Kier molecular flexibility index (Phi) is 7.22. The number of nitrogens with one attached hydrogen (secondary N) is 1. The van der Waals surface area contributed by atoms with Crippen molar-refractivity contribution < 1.29 is 9.47 Å². The first-order valence-corrected chi connectivity index (χ1v) is 9.33. The number of fused-ring (bicyclic) bond motifs is 1. The molecule has 1 aliphatic heterocycles. The zero-order chi connectivity index (χ0) is 18.9. The van der Waals surface area contributed by atoms with Crippen LogP contribution >= 0.6 is 0 Å². The van der Waals surface area contributed by atoms with E-state index >= 15 is 0 Å². The highest BCUT2D eigenvalue weighted by molar-refractivity contribution is 5.49. The van der Waals surface area contributed by atoms with Gasteiger partial charge in [-0.25, -0.2) is 0 Å². The van der Waals surface area contributed by atoms with E-state index in [2.05, 4.69) is 71.9 Å². The minimum atomic E-state index is 0.318. The summed E-state index contributed by atoms with van der Waals surface area (Å²) in [5.41, 5.74) is 5.12. The van der Waals surface area contributed by atoms with Crippen LogP contribution < -0.4 is 5.32 Å². The Morgan fingerprint density at radius 1 is 1.04 bits per heavy atom. The van der Waals surface area contributed by atoms with Crippen molar-refractivity contribution in [2.45, 2.75) is 12.5 Å². The lowest BCUT2D eigenvalue weighted by Gasteiger charge is -2.34. The fraction of sp³-hybridized carbons (Fsp3) is 0.304. The van der Waals surface area contributed by atoms with Crippen molar-refractivity contribution in [3.8, 4) is 0 Å². The molecule has 1 aliphatic rings. The van der Waals surface area contributed by atoms with Gasteiger partial charge in [0.1, 0.15) is 6.73 Å². The molecule has 0 amide bonds. The fourth-order valence-electron chi connectivity index (χ4n) is 3.47. The van der Waals surface area contributed by atoms with E-state index in [0.717, 1.165) is 18.8 Å². The monoisotopic (exact) mass is 364 g/mol. The minimum Gasteiger partial charge on any atom is -0.363 e. The van der Waals surface area contributed by atoms with E-state index in [1.165, 1.54) is 16.7 Å². The van der Waals surface area contributed by atoms with E-state index in [-0.39, 0.29) is 0 Å². The van der Waals surface area contributed by atoms with Gasteiger partial charge in [0.25, 0.3) is 0 Å². The maximum Gasteiger partial charge on any atom is 0.116 e. The van der Waals surface area contributed by atoms with Gasteiger partial charge in [-0.3, -0.25) is 4.90 Å². The Balaban J connectivity index is 1.77. The lowest BCUT2D eigenvalue weighted by Crippen LogP contribution is -2.35. The van der Waals surface area contributed by atoms with Crippen LogP contribution in [0.2, 0.25) is 0 Å². The molecule has 0 aliphatic carbocycles. The minimum absolute atomic E-state index is 0.318. The van der Waals surface area contributed by atoms with Crippen LogP contribution in [0.4, 0.5) is 5.69 Å². The summed E-state index contributed by atoms with van der Waals surface area (Å²) in [5, 5.41) is 3.32. The Morgan fingerprint density at radius 3 is 2.70 bits per heavy atom. The van der Waals surface area contributed by atoms with Gasteiger partial charge in [0.05, 0.1) is 19.9 Å². The zero-order valence-corrected chi connectivity index (χ0v) is 15.8. The highest BCUT2D eigenvalue weighted by Gasteiger charge is 2.26. The summed E-state index contributed by atoms with van der Waals surface area (Å²) >= 11 is 0. The Morgan fingerprint density at radius 2 is 1.85 bits per heavy atom. The molecule has 27 heavy (non-hydrogen) atoms. The van der Waals surface area contributed by atoms with E-state index in [1.807, 2.05) is 0 Å². The number of rotatable bonds is 10. The zero-order valence-electron chi connectivity index (χ0n) is 15.8. The summed E-state index contributed by atoms with van der Waals surface area (Å²) in [4.78, 5) is 2.35. The third kappa shape index (κ3) is 5.30. The van der Waals surface area contributed by atoms with Gasteiger partial charge in [-0.1, -0.05) is 48.6 Å². The average Bonchev–Trinajstić information content (AvgIpc) is 2.71. The van der Waals surface area contributed by atoms with Crippen LogP contribution in [0.3, 0.4) is 0 Å². The molecule has 0 saturated carbocycles. The Labute approximate surface area is 162 Å². The van der Waals surface area contributed by atoms with Crippen LogP contribution in [0.25, 0.3) is 0 Å². The van der Waals surface area contributed by atoms with Gasteiger partial charge in [-0.2, -0.15) is 0 Å². The van der Waals surface area contributed by atoms with Gasteiger partial charge in [0, 0.05) is 24.7 Å². The van der Waals surface area contributed by atoms with E-state index in [1.54, 1.807) is 12.2 Å². The van der Waals surface area contributed by atoms with Crippen molar-refractivity contribution in [2.75, 3.05) is 38.5 Å². The summed E-state index contributed by atoms with van der Waals surface area (Å²) < 4.78 is 11.1. The van der Waals surface area contributed by atoms with Gasteiger partial charge in [-0.15, -0.1) is 13.2 Å². The number of ether oxygens (including phenoxy) is 2. The van der Waals surface area contributed by atoms with E-state index < -0.39 is 0 Å². The smallest absolute Gasteiger partial charge is 0.116 e. The second kappa shape index (κ2) is 10.1. The first-order chi connectivity index (χ1) is 13.3. The third-order valence-electron chi connectivity index (χ3n) is 4.68. The van der Waals surface area contributed by atoms with Crippen LogP contribution in [0, 0.1) is 0 Å². The first kappa shape index (κ1) is 19.4. The van der Waals surface area contributed by atoms with Crippen LogP contribution in [0.15, 0.2) is 73.8 Å². The predicted octanol–water partition coefficient (Wildman–Crippen LogP) is 4.37. The van der Waals surface area contributed by atoms with Crippen molar-refractivity contribution in [3.63, 3.8) is 0 Å². The molecule has 3 rings (SSSR count). The number of benzene rings is 2. The van der Waals surface area contributed by atoms with Crippen LogP contribution in [-0.2, 0) is 16.0 Å². The van der Waals surface area contributed by atoms with E-state index in [0.29, 0.717) is 32.6 Å². The van der Waals surface area contributed by atoms with E-state index in [4.69, 9.17) is 9.47 Å². The lowest BCUT2D eigenvalue weighted by molar-refractivity contribution is 0.0325. The first-order valence-electron chi connectivity index (χ1n) is 9.33. The number of nitrogens with zero attached hydrogens (tertiary/aromatic N) is 1.